The lowest BCUT2D eigenvalue weighted by Gasteiger charge is -2.43. The molecule has 7 heteroatoms. The molecular weight excluding hydrogens is 362 g/mol. The van der Waals surface area contributed by atoms with Crippen molar-refractivity contribution in [2.24, 2.45) is 0 Å². The maximum atomic E-state index is 12.7. The third-order valence-corrected chi connectivity index (χ3v) is 6.54. The van der Waals surface area contributed by atoms with Gasteiger partial charge in [0.15, 0.2) is 0 Å². The van der Waals surface area contributed by atoms with E-state index in [2.05, 4.69) is 4.98 Å². The van der Waals surface area contributed by atoms with E-state index in [1.54, 1.807) is 23.5 Å². The van der Waals surface area contributed by atoms with Gasteiger partial charge in [-0.2, -0.15) is 0 Å². The summed E-state index contributed by atoms with van der Waals surface area (Å²) >= 11 is 1.57. The molecule has 0 aliphatic carbocycles. The van der Waals surface area contributed by atoms with Gasteiger partial charge < -0.3 is 4.90 Å². The van der Waals surface area contributed by atoms with Crippen molar-refractivity contribution in [3.8, 4) is 10.6 Å². The first-order valence-corrected chi connectivity index (χ1v) is 10.1. The lowest BCUT2D eigenvalue weighted by atomic mass is 9.86. The zero-order valence-electron chi connectivity index (χ0n) is 15.4. The first kappa shape index (κ1) is 18.1. The molecule has 0 radical (unpaired) electrons. The van der Waals surface area contributed by atoms with E-state index in [0.29, 0.717) is 25.9 Å². The maximum Gasteiger partial charge on any atom is 0.246 e. The minimum Gasteiger partial charge on any atom is -0.342 e. The van der Waals surface area contributed by atoms with Gasteiger partial charge in [-0.1, -0.05) is 30.3 Å². The van der Waals surface area contributed by atoms with Gasteiger partial charge in [0.05, 0.1) is 24.8 Å². The molecule has 142 valence electrons. The first-order chi connectivity index (χ1) is 13.1. The number of likely N-dealkylation sites (tertiary alicyclic amines) is 1. The summed E-state index contributed by atoms with van der Waals surface area (Å²) in [5.74, 6) is 0.149. The van der Waals surface area contributed by atoms with Gasteiger partial charge in [0, 0.05) is 30.5 Å². The maximum absolute atomic E-state index is 12.7. The number of nitrogens with zero attached hydrogens (tertiary/aromatic N) is 3. The normalized spacial score (nSPS) is 19.1. The van der Waals surface area contributed by atoms with Crippen molar-refractivity contribution in [2.75, 3.05) is 20.2 Å². The Morgan fingerprint density at radius 1 is 1.22 bits per heavy atom. The molecule has 2 aliphatic rings. The molecule has 2 fully saturated rings. The number of carbonyl (C=O) groups excluding carboxylic acids is 2. The number of hydrogen-bond donors (Lipinski definition) is 0. The third kappa shape index (κ3) is 3.49. The van der Waals surface area contributed by atoms with E-state index in [-0.39, 0.29) is 17.4 Å². The predicted molar refractivity (Wildman–Crippen MR) is 103 cm³/mol. The van der Waals surface area contributed by atoms with Crippen LogP contribution in [0.25, 0.3) is 10.6 Å². The van der Waals surface area contributed by atoms with Gasteiger partial charge in [0.2, 0.25) is 11.8 Å². The Labute approximate surface area is 162 Å². The second-order valence-electron chi connectivity index (χ2n) is 7.16. The fourth-order valence-corrected chi connectivity index (χ4v) is 4.92. The summed E-state index contributed by atoms with van der Waals surface area (Å²) in [6.45, 7) is 1.31. The fourth-order valence-electron chi connectivity index (χ4n) is 4.10. The van der Waals surface area contributed by atoms with E-state index in [0.717, 1.165) is 35.5 Å². The standard InChI is InChI=1S/C20H23N3O3S/c1-26-23-17(24)7-8-20(23)9-11-22(12-10-20)18(25)13-16-14-27-19(21-16)15-5-3-2-4-6-15/h2-6,14H,7-13H2,1H3. The minimum absolute atomic E-state index is 0.0493. The lowest BCUT2D eigenvalue weighted by molar-refractivity contribution is -0.202. The number of hydrogen-bond acceptors (Lipinski definition) is 5. The van der Waals surface area contributed by atoms with E-state index in [1.165, 1.54) is 0 Å². The highest BCUT2D eigenvalue weighted by Crippen LogP contribution is 2.39. The van der Waals surface area contributed by atoms with Gasteiger partial charge in [-0.25, -0.2) is 10.0 Å². The van der Waals surface area contributed by atoms with Crippen LogP contribution in [0.5, 0.6) is 0 Å². The average molecular weight is 385 g/mol. The molecule has 0 bridgehead atoms. The number of aromatic nitrogens is 1. The molecule has 0 atom stereocenters. The number of rotatable bonds is 4. The number of benzene rings is 1. The van der Waals surface area contributed by atoms with E-state index < -0.39 is 0 Å². The van der Waals surface area contributed by atoms with Crippen LogP contribution in [0, 0.1) is 0 Å². The van der Waals surface area contributed by atoms with Crippen LogP contribution in [0.2, 0.25) is 0 Å². The Balaban J connectivity index is 1.37. The quantitative estimate of drug-likeness (QED) is 0.812. The van der Waals surface area contributed by atoms with Crippen LogP contribution in [0.15, 0.2) is 35.7 Å². The highest BCUT2D eigenvalue weighted by Gasteiger charge is 2.48. The molecule has 4 rings (SSSR count). The third-order valence-electron chi connectivity index (χ3n) is 5.60. The Morgan fingerprint density at radius 2 is 1.96 bits per heavy atom. The Hall–Kier alpha value is -2.25. The van der Waals surface area contributed by atoms with Crippen molar-refractivity contribution in [3.05, 3.63) is 41.4 Å². The SMILES string of the molecule is CON1C(=O)CCC12CCN(C(=O)Cc1csc(-c3ccccc3)n1)CC2. The molecule has 2 aliphatic heterocycles. The van der Waals surface area contributed by atoms with Gasteiger partial charge in [0.1, 0.15) is 5.01 Å². The van der Waals surface area contributed by atoms with Crippen LogP contribution in [0.3, 0.4) is 0 Å². The van der Waals surface area contributed by atoms with Crippen LogP contribution in [-0.4, -0.2) is 52.5 Å². The van der Waals surface area contributed by atoms with E-state index in [4.69, 9.17) is 4.84 Å². The predicted octanol–water partition coefficient (Wildman–Crippen LogP) is 2.90. The second-order valence-corrected chi connectivity index (χ2v) is 8.02. The summed E-state index contributed by atoms with van der Waals surface area (Å²) < 4.78 is 0. The number of amides is 2. The zero-order valence-corrected chi connectivity index (χ0v) is 16.2. The molecule has 6 nitrogen and oxygen atoms in total. The van der Waals surface area contributed by atoms with Gasteiger partial charge >= 0.3 is 0 Å². The minimum atomic E-state index is -0.232. The first-order valence-electron chi connectivity index (χ1n) is 9.26. The van der Waals surface area contributed by atoms with Crippen LogP contribution in [0.1, 0.15) is 31.4 Å². The summed E-state index contributed by atoms with van der Waals surface area (Å²) in [5.41, 5.74) is 1.66. The van der Waals surface area contributed by atoms with E-state index in [1.807, 2.05) is 40.6 Å². The topological polar surface area (TPSA) is 62.7 Å². The highest BCUT2D eigenvalue weighted by atomic mass is 32.1. The number of hydroxylamine groups is 2. The molecule has 2 amide bonds. The number of carbonyl (C=O) groups is 2. The molecule has 27 heavy (non-hydrogen) atoms. The summed E-state index contributed by atoms with van der Waals surface area (Å²) in [5, 5.41) is 4.45. The van der Waals surface area contributed by atoms with Crippen molar-refractivity contribution in [2.45, 2.75) is 37.6 Å². The van der Waals surface area contributed by atoms with Crippen molar-refractivity contribution < 1.29 is 14.4 Å². The summed E-state index contributed by atoms with van der Waals surface area (Å²) in [6, 6.07) is 10.0. The fraction of sp³-hybridized carbons (Fsp3) is 0.450. The largest absolute Gasteiger partial charge is 0.342 e. The number of piperidine rings is 1. The van der Waals surface area contributed by atoms with Gasteiger partial charge in [-0.05, 0) is 19.3 Å². The molecule has 3 heterocycles. The molecule has 0 saturated carbocycles. The van der Waals surface area contributed by atoms with E-state index >= 15 is 0 Å². The molecule has 1 aromatic carbocycles. The Morgan fingerprint density at radius 3 is 2.67 bits per heavy atom. The van der Waals surface area contributed by atoms with Crippen molar-refractivity contribution >= 4 is 23.2 Å². The average Bonchev–Trinajstić information content (AvgIpc) is 3.28. The van der Waals surface area contributed by atoms with Gasteiger partial charge in [0.25, 0.3) is 0 Å². The van der Waals surface area contributed by atoms with Crippen LogP contribution >= 0.6 is 11.3 Å². The summed E-state index contributed by atoms with van der Waals surface area (Å²) in [6.07, 6.45) is 3.20. The molecule has 0 N–H and O–H groups in total. The van der Waals surface area contributed by atoms with Crippen LogP contribution < -0.4 is 0 Å². The molecule has 1 spiro atoms. The highest BCUT2D eigenvalue weighted by molar-refractivity contribution is 7.13. The van der Waals surface area contributed by atoms with Crippen LogP contribution in [-0.2, 0) is 20.8 Å². The van der Waals surface area contributed by atoms with Gasteiger partial charge in [-0.3, -0.25) is 14.4 Å². The Kier molecular flexibility index (Phi) is 4.97. The van der Waals surface area contributed by atoms with Crippen molar-refractivity contribution in [1.29, 1.82) is 0 Å². The van der Waals surface area contributed by atoms with Crippen LogP contribution in [0.4, 0.5) is 0 Å². The lowest BCUT2D eigenvalue weighted by Crippen LogP contribution is -2.53. The molecule has 1 aromatic heterocycles. The summed E-state index contributed by atoms with van der Waals surface area (Å²) in [4.78, 5) is 36.5. The summed E-state index contributed by atoms with van der Waals surface area (Å²) in [7, 11) is 1.55. The smallest absolute Gasteiger partial charge is 0.246 e. The van der Waals surface area contributed by atoms with Crippen molar-refractivity contribution in [3.63, 3.8) is 0 Å². The van der Waals surface area contributed by atoms with E-state index in [9.17, 15) is 9.59 Å². The number of thiazole rings is 1. The molecule has 0 unspecified atom stereocenters. The van der Waals surface area contributed by atoms with Gasteiger partial charge in [-0.15, -0.1) is 11.3 Å². The van der Waals surface area contributed by atoms with Crippen molar-refractivity contribution in [1.82, 2.24) is 14.9 Å². The molecular formula is C20H23N3O3S. The zero-order chi connectivity index (χ0) is 18.9. The Bertz CT molecular complexity index is 828. The monoisotopic (exact) mass is 385 g/mol. The molecule has 2 aromatic rings. The second kappa shape index (κ2) is 7.40. The molecule has 2 saturated heterocycles.